The summed E-state index contributed by atoms with van der Waals surface area (Å²) in [6, 6.07) is 6.14. The standard InChI is InChI=1S/C16H24N2O2/c1-3-13-12-15(20-2)6-4-14(13)5-7-16(19)18-10-8-17-9-11-18/h4,6,12,17H,3,5,7-11H2,1-2H3. The highest BCUT2D eigenvalue weighted by atomic mass is 16.5. The number of carbonyl (C=O) groups is 1. The molecule has 1 amide bonds. The Morgan fingerprint density at radius 2 is 2.05 bits per heavy atom. The van der Waals surface area contributed by atoms with Crippen LogP contribution in [0.25, 0.3) is 0 Å². The van der Waals surface area contributed by atoms with Crippen LogP contribution in [0.5, 0.6) is 5.75 Å². The first kappa shape index (κ1) is 14.9. The quantitative estimate of drug-likeness (QED) is 0.888. The third-order valence-corrected chi connectivity index (χ3v) is 3.87. The van der Waals surface area contributed by atoms with Crippen molar-refractivity contribution in [2.24, 2.45) is 0 Å². The Labute approximate surface area is 121 Å². The number of hydrogen-bond acceptors (Lipinski definition) is 3. The van der Waals surface area contributed by atoms with Crippen LogP contribution in [0.2, 0.25) is 0 Å². The van der Waals surface area contributed by atoms with E-state index in [9.17, 15) is 4.79 Å². The molecule has 1 aromatic carbocycles. The topological polar surface area (TPSA) is 41.6 Å². The van der Waals surface area contributed by atoms with Gasteiger partial charge in [0.05, 0.1) is 7.11 Å². The monoisotopic (exact) mass is 276 g/mol. The van der Waals surface area contributed by atoms with Crippen LogP contribution >= 0.6 is 0 Å². The van der Waals surface area contributed by atoms with Crippen molar-refractivity contribution in [3.05, 3.63) is 29.3 Å². The van der Waals surface area contributed by atoms with Crippen molar-refractivity contribution in [1.29, 1.82) is 0 Å². The van der Waals surface area contributed by atoms with Crippen molar-refractivity contribution in [2.75, 3.05) is 33.3 Å². The van der Waals surface area contributed by atoms with Gasteiger partial charge in [0, 0.05) is 32.6 Å². The summed E-state index contributed by atoms with van der Waals surface area (Å²) in [4.78, 5) is 14.1. The molecule has 4 heteroatoms. The van der Waals surface area contributed by atoms with Crippen molar-refractivity contribution < 1.29 is 9.53 Å². The maximum Gasteiger partial charge on any atom is 0.222 e. The average molecular weight is 276 g/mol. The molecule has 0 radical (unpaired) electrons. The number of piperazine rings is 1. The number of rotatable bonds is 5. The van der Waals surface area contributed by atoms with E-state index in [0.29, 0.717) is 6.42 Å². The average Bonchev–Trinajstić information content (AvgIpc) is 2.53. The van der Waals surface area contributed by atoms with Gasteiger partial charge in [-0.05, 0) is 36.1 Å². The van der Waals surface area contributed by atoms with Gasteiger partial charge < -0.3 is 15.0 Å². The molecule has 110 valence electrons. The zero-order chi connectivity index (χ0) is 14.4. The molecule has 1 aliphatic rings. The predicted octanol–water partition coefficient (Wildman–Crippen LogP) is 1.62. The molecule has 0 atom stereocenters. The van der Waals surface area contributed by atoms with Crippen LogP contribution in [-0.2, 0) is 17.6 Å². The normalized spacial score (nSPS) is 15.2. The van der Waals surface area contributed by atoms with Crippen molar-refractivity contribution in [2.45, 2.75) is 26.2 Å². The van der Waals surface area contributed by atoms with Crippen LogP contribution in [0.1, 0.15) is 24.5 Å². The van der Waals surface area contributed by atoms with Crippen molar-refractivity contribution >= 4 is 5.91 Å². The highest BCUT2D eigenvalue weighted by Crippen LogP contribution is 2.20. The SMILES string of the molecule is CCc1cc(OC)ccc1CCC(=O)N1CCNCC1. The first-order chi connectivity index (χ1) is 9.74. The van der Waals surface area contributed by atoms with Crippen LogP contribution in [0, 0.1) is 0 Å². The van der Waals surface area contributed by atoms with Crippen molar-refractivity contribution in [3.8, 4) is 5.75 Å². The van der Waals surface area contributed by atoms with Gasteiger partial charge in [0.25, 0.3) is 0 Å². The minimum atomic E-state index is 0.268. The van der Waals surface area contributed by atoms with E-state index < -0.39 is 0 Å². The molecule has 1 N–H and O–H groups in total. The number of ether oxygens (including phenoxy) is 1. The number of aryl methyl sites for hydroxylation is 2. The van der Waals surface area contributed by atoms with Gasteiger partial charge in [-0.1, -0.05) is 13.0 Å². The molecule has 0 aromatic heterocycles. The van der Waals surface area contributed by atoms with Crippen LogP contribution in [-0.4, -0.2) is 44.1 Å². The van der Waals surface area contributed by atoms with E-state index in [1.165, 1.54) is 11.1 Å². The zero-order valence-electron chi connectivity index (χ0n) is 12.4. The number of nitrogens with one attached hydrogen (secondary N) is 1. The van der Waals surface area contributed by atoms with Crippen molar-refractivity contribution in [1.82, 2.24) is 10.2 Å². The van der Waals surface area contributed by atoms with Crippen LogP contribution in [0.3, 0.4) is 0 Å². The molecule has 20 heavy (non-hydrogen) atoms. The molecule has 1 aromatic rings. The molecule has 0 spiro atoms. The Hall–Kier alpha value is -1.55. The molecular weight excluding hydrogens is 252 g/mol. The zero-order valence-corrected chi connectivity index (χ0v) is 12.4. The Kier molecular flexibility index (Phi) is 5.41. The minimum absolute atomic E-state index is 0.268. The molecule has 1 saturated heterocycles. The molecule has 1 heterocycles. The fraction of sp³-hybridized carbons (Fsp3) is 0.562. The lowest BCUT2D eigenvalue weighted by Gasteiger charge is -2.27. The third kappa shape index (κ3) is 3.73. The first-order valence-electron chi connectivity index (χ1n) is 7.39. The maximum atomic E-state index is 12.2. The Morgan fingerprint density at radius 1 is 1.30 bits per heavy atom. The van der Waals surface area contributed by atoms with E-state index in [-0.39, 0.29) is 5.91 Å². The lowest BCUT2D eigenvalue weighted by molar-refractivity contribution is -0.131. The van der Waals surface area contributed by atoms with Crippen LogP contribution < -0.4 is 10.1 Å². The van der Waals surface area contributed by atoms with E-state index in [0.717, 1.165) is 44.8 Å². The van der Waals surface area contributed by atoms with E-state index in [2.05, 4.69) is 24.4 Å². The molecule has 2 rings (SSSR count). The van der Waals surface area contributed by atoms with Gasteiger partial charge >= 0.3 is 0 Å². The second-order valence-electron chi connectivity index (χ2n) is 5.12. The predicted molar refractivity (Wildman–Crippen MR) is 80.1 cm³/mol. The number of methoxy groups -OCH3 is 1. The molecule has 4 nitrogen and oxygen atoms in total. The maximum absolute atomic E-state index is 12.2. The molecule has 0 bridgehead atoms. The van der Waals surface area contributed by atoms with Gasteiger partial charge in [-0.2, -0.15) is 0 Å². The summed E-state index contributed by atoms with van der Waals surface area (Å²) in [6.45, 7) is 5.63. The number of carbonyl (C=O) groups excluding carboxylic acids is 1. The second-order valence-corrected chi connectivity index (χ2v) is 5.12. The molecule has 0 saturated carbocycles. The summed E-state index contributed by atoms with van der Waals surface area (Å²) >= 11 is 0. The number of amides is 1. The largest absolute Gasteiger partial charge is 0.497 e. The lowest BCUT2D eigenvalue weighted by atomic mass is 10.00. The van der Waals surface area contributed by atoms with Crippen molar-refractivity contribution in [3.63, 3.8) is 0 Å². The van der Waals surface area contributed by atoms with E-state index >= 15 is 0 Å². The summed E-state index contributed by atoms with van der Waals surface area (Å²) in [7, 11) is 1.68. The van der Waals surface area contributed by atoms with Crippen LogP contribution in [0.15, 0.2) is 18.2 Å². The number of benzene rings is 1. The number of hydrogen-bond donors (Lipinski definition) is 1. The van der Waals surface area contributed by atoms with Gasteiger partial charge in [-0.25, -0.2) is 0 Å². The Balaban J connectivity index is 1.94. The number of nitrogens with zero attached hydrogens (tertiary/aromatic N) is 1. The summed E-state index contributed by atoms with van der Waals surface area (Å²) in [5.41, 5.74) is 2.54. The third-order valence-electron chi connectivity index (χ3n) is 3.87. The highest BCUT2D eigenvalue weighted by Gasteiger charge is 2.16. The summed E-state index contributed by atoms with van der Waals surface area (Å²) in [5.74, 6) is 1.16. The Morgan fingerprint density at radius 3 is 2.70 bits per heavy atom. The van der Waals surface area contributed by atoms with E-state index in [1.807, 2.05) is 11.0 Å². The van der Waals surface area contributed by atoms with Gasteiger partial charge in [0.1, 0.15) is 5.75 Å². The lowest BCUT2D eigenvalue weighted by Crippen LogP contribution is -2.46. The molecular formula is C16H24N2O2. The van der Waals surface area contributed by atoms with Gasteiger partial charge in [-0.3, -0.25) is 4.79 Å². The summed E-state index contributed by atoms with van der Waals surface area (Å²) < 4.78 is 5.25. The first-order valence-corrected chi connectivity index (χ1v) is 7.39. The van der Waals surface area contributed by atoms with E-state index in [1.54, 1.807) is 7.11 Å². The molecule has 1 fully saturated rings. The second kappa shape index (κ2) is 7.29. The van der Waals surface area contributed by atoms with Gasteiger partial charge in [-0.15, -0.1) is 0 Å². The van der Waals surface area contributed by atoms with Gasteiger partial charge in [0.2, 0.25) is 5.91 Å². The van der Waals surface area contributed by atoms with Gasteiger partial charge in [0.15, 0.2) is 0 Å². The smallest absolute Gasteiger partial charge is 0.222 e. The van der Waals surface area contributed by atoms with Crippen LogP contribution in [0.4, 0.5) is 0 Å². The molecule has 0 unspecified atom stereocenters. The highest BCUT2D eigenvalue weighted by molar-refractivity contribution is 5.76. The Bertz CT molecular complexity index is 454. The molecule has 0 aliphatic carbocycles. The minimum Gasteiger partial charge on any atom is -0.497 e. The van der Waals surface area contributed by atoms with E-state index in [4.69, 9.17) is 4.74 Å². The summed E-state index contributed by atoms with van der Waals surface area (Å²) in [6.07, 6.45) is 2.38. The summed E-state index contributed by atoms with van der Waals surface area (Å²) in [5, 5.41) is 3.27. The fourth-order valence-electron chi connectivity index (χ4n) is 2.62. The fourth-order valence-corrected chi connectivity index (χ4v) is 2.62. The molecule has 1 aliphatic heterocycles.